The normalized spacial score (nSPS) is 20.1. The molecular formula is C15H25N. The van der Waals surface area contributed by atoms with Crippen LogP contribution in [0.25, 0.3) is 0 Å². The number of nitrogens with zero attached hydrogens (tertiary/aromatic N) is 1. The summed E-state index contributed by atoms with van der Waals surface area (Å²) in [6.45, 7) is 4.42. The van der Waals surface area contributed by atoms with Crippen molar-refractivity contribution in [2.24, 2.45) is 10.4 Å². The predicted molar refractivity (Wildman–Crippen MR) is 71.8 cm³/mol. The molecule has 0 aromatic rings. The van der Waals surface area contributed by atoms with Crippen molar-refractivity contribution in [1.29, 1.82) is 0 Å². The van der Waals surface area contributed by atoms with Gasteiger partial charge < -0.3 is 0 Å². The Labute approximate surface area is 101 Å². The maximum absolute atomic E-state index is 5.50. The average Bonchev–Trinajstić information content (AvgIpc) is 2.32. The molecule has 0 aromatic heterocycles. The van der Waals surface area contributed by atoms with Gasteiger partial charge in [-0.2, -0.15) is 0 Å². The Morgan fingerprint density at radius 2 is 1.88 bits per heavy atom. The van der Waals surface area contributed by atoms with Gasteiger partial charge in [0, 0.05) is 24.1 Å². The van der Waals surface area contributed by atoms with E-state index in [0.29, 0.717) is 6.04 Å². The maximum atomic E-state index is 5.50. The van der Waals surface area contributed by atoms with E-state index in [0.717, 1.165) is 19.3 Å². The molecule has 0 saturated heterocycles. The Balaban J connectivity index is 2.66. The van der Waals surface area contributed by atoms with Crippen molar-refractivity contribution < 1.29 is 0 Å². The largest absolute Gasteiger partial charge is 0.294 e. The van der Waals surface area contributed by atoms with Crippen LogP contribution < -0.4 is 0 Å². The monoisotopic (exact) mass is 219 g/mol. The van der Waals surface area contributed by atoms with Crippen LogP contribution >= 0.6 is 0 Å². The average molecular weight is 219 g/mol. The smallest absolute Gasteiger partial charge is 0.0490 e. The molecule has 0 radical (unpaired) electrons. The second kappa shape index (κ2) is 6.74. The molecule has 1 aliphatic carbocycles. The molecule has 1 fully saturated rings. The summed E-state index contributed by atoms with van der Waals surface area (Å²) in [6.07, 6.45) is 17.3. The van der Waals surface area contributed by atoms with Crippen LogP contribution in [-0.4, -0.2) is 12.3 Å². The highest BCUT2D eigenvalue weighted by atomic mass is 14.8. The fraction of sp³-hybridized carbons (Fsp3) is 0.800. The van der Waals surface area contributed by atoms with Gasteiger partial charge in [0.05, 0.1) is 0 Å². The fourth-order valence-corrected chi connectivity index (χ4v) is 2.57. The van der Waals surface area contributed by atoms with Crippen molar-refractivity contribution in [1.82, 2.24) is 0 Å². The molecule has 0 bridgehead atoms. The van der Waals surface area contributed by atoms with Crippen LogP contribution in [0.3, 0.4) is 0 Å². The van der Waals surface area contributed by atoms with Gasteiger partial charge in [0.1, 0.15) is 0 Å². The van der Waals surface area contributed by atoms with Crippen molar-refractivity contribution in [2.45, 2.75) is 71.3 Å². The summed E-state index contributed by atoms with van der Waals surface area (Å²) in [4.78, 5) is 4.75. The molecule has 90 valence electrons. The van der Waals surface area contributed by atoms with E-state index in [2.05, 4.69) is 26.0 Å². The van der Waals surface area contributed by atoms with E-state index in [4.69, 9.17) is 11.4 Å². The second-order valence-corrected chi connectivity index (χ2v) is 5.05. The SMILES string of the molecule is C#CCC1(C=NC(CC)CC)CCCCC1. The molecule has 16 heavy (non-hydrogen) atoms. The summed E-state index contributed by atoms with van der Waals surface area (Å²) in [7, 11) is 0. The van der Waals surface area contributed by atoms with E-state index in [1.54, 1.807) is 0 Å². The number of terminal acetylenes is 1. The van der Waals surface area contributed by atoms with Crippen LogP contribution in [0.5, 0.6) is 0 Å². The van der Waals surface area contributed by atoms with Crippen LogP contribution in [0, 0.1) is 17.8 Å². The van der Waals surface area contributed by atoms with Gasteiger partial charge in [-0.3, -0.25) is 4.99 Å². The van der Waals surface area contributed by atoms with E-state index < -0.39 is 0 Å². The van der Waals surface area contributed by atoms with Crippen molar-refractivity contribution in [3.05, 3.63) is 0 Å². The minimum Gasteiger partial charge on any atom is -0.294 e. The van der Waals surface area contributed by atoms with Crippen molar-refractivity contribution in [3.8, 4) is 12.3 Å². The van der Waals surface area contributed by atoms with Crippen LogP contribution in [0.4, 0.5) is 0 Å². The number of hydrogen-bond acceptors (Lipinski definition) is 1. The Morgan fingerprint density at radius 3 is 2.38 bits per heavy atom. The molecule has 1 rings (SSSR count). The molecule has 0 aliphatic heterocycles. The van der Waals surface area contributed by atoms with Gasteiger partial charge in [-0.25, -0.2) is 0 Å². The summed E-state index contributed by atoms with van der Waals surface area (Å²) in [5.41, 5.74) is 0.232. The molecule has 0 atom stereocenters. The molecular weight excluding hydrogens is 194 g/mol. The topological polar surface area (TPSA) is 12.4 Å². The van der Waals surface area contributed by atoms with E-state index >= 15 is 0 Å². The summed E-state index contributed by atoms with van der Waals surface area (Å²) in [5, 5.41) is 0. The lowest BCUT2D eigenvalue weighted by atomic mass is 9.73. The maximum Gasteiger partial charge on any atom is 0.0490 e. The summed E-state index contributed by atoms with van der Waals surface area (Å²) < 4.78 is 0. The highest BCUT2D eigenvalue weighted by Crippen LogP contribution is 2.37. The Hall–Kier alpha value is -0.770. The van der Waals surface area contributed by atoms with E-state index in [1.165, 1.54) is 32.1 Å². The summed E-state index contributed by atoms with van der Waals surface area (Å²) >= 11 is 0. The summed E-state index contributed by atoms with van der Waals surface area (Å²) in [5.74, 6) is 2.85. The zero-order chi connectivity index (χ0) is 11.9. The van der Waals surface area contributed by atoms with Crippen LogP contribution in [0.1, 0.15) is 65.2 Å². The Morgan fingerprint density at radius 1 is 1.25 bits per heavy atom. The first kappa shape index (κ1) is 13.3. The molecule has 0 spiro atoms. The molecule has 0 aromatic carbocycles. The lowest BCUT2D eigenvalue weighted by Crippen LogP contribution is -2.26. The number of aliphatic imine (C=N–C) groups is 1. The first-order chi connectivity index (χ1) is 7.76. The lowest BCUT2D eigenvalue weighted by molar-refractivity contribution is 0.296. The minimum absolute atomic E-state index is 0.232. The van der Waals surface area contributed by atoms with E-state index in [9.17, 15) is 0 Å². The first-order valence-electron chi connectivity index (χ1n) is 6.74. The van der Waals surface area contributed by atoms with Gasteiger partial charge in [0.25, 0.3) is 0 Å². The third-order valence-corrected chi connectivity index (χ3v) is 3.81. The van der Waals surface area contributed by atoms with E-state index in [-0.39, 0.29) is 5.41 Å². The van der Waals surface area contributed by atoms with Gasteiger partial charge in [0.2, 0.25) is 0 Å². The molecule has 1 saturated carbocycles. The van der Waals surface area contributed by atoms with Gasteiger partial charge >= 0.3 is 0 Å². The van der Waals surface area contributed by atoms with Crippen molar-refractivity contribution in [2.75, 3.05) is 0 Å². The van der Waals surface area contributed by atoms with Crippen LogP contribution in [-0.2, 0) is 0 Å². The van der Waals surface area contributed by atoms with Gasteiger partial charge in [0.15, 0.2) is 0 Å². The van der Waals surface area contributed by atoms with Gasteiger partial charge in [-0.1, -0.05) is 33.1 Å². The van der Waals surface area contributed by atoms with Crippen molar-refractivity contribution >= 4 is 6.21 Å². The predicted octanol–water partition coefficient (Wildman–Crippen LogP) is 4.22. The van der Waals surface area contributed by atoms with E-state index in [1.807, 2.05) is 0 Å². The molecule has 0 unspecified atom stereocenters. The number of hydrogen-bond donors (Lipinski definition) is 0. The highest BCUT2D eigenvalue weighted by molar-refractivity contribution is 5.66. The molecule has 0 heterocycles. The zero-order valence-electron chi connectivity index (χ0n) is 10.8. The number of rotatable bonds is 5. The minimum atomic E-state index is 0.232. The molecule has 1 aliphatic rings. The lowest BCUT2D eigenvalue weighted by Gasteiger charge is -2.32. The zero-order valence-corrected chi connectivity index (χ0v) is 10.8. The van der Waals surface area contributed by atoms with Crippen LogP contribution in [0.2, 0.25) is 0 Å². The highest BCUT2D eigenvalue weighted by Gasteiger charge is 2.29. The van der Waals surface area contributed by atoms with Crippen LogP contribution in [0.15, 0.2) is 4.99 Å². The fourth-order valence-electron chi connectivity index (χ4n) is 2.57. The third-order valence-electron chi connectivity index (χ3n) is 3.81. The van der Waals surface area contributed by atoms with Gasteiger partial charge in [-0.15, -0.1) is 12.3 Å². The quantitative estimate of drug-likeness (QED) is 0.485. The molecule has 0 N–H and O–H groups in total. The van der Waals surface area contributed by atoms with Crippen molar-refractivity contribution in [3.63, 3.8) is 0 Å². The Bertz CT molecular complexity index is 249. The van der Waals surface area contributed by atoms with Gasteiger partial charge in [-0.05, 0) is 25.7 Å². The molecule has 1 nitrogen and oxygen atoms in total. The molecule has 1 heteroatoms. The second-order valence-electron chi connectivity index (χ2n) is 5.05. The molecule has 0 amide bonds. The Kier molecular flexibility index (Phi) is 5.60. The standard InChI is InChI=1S/C15H25N/c1-4-10-15(11-8-7-9-12-15)13-16-14(5-2)6-3/h1,13-14H,5-12H2,2-3H3. The summed E-state index contributed by atoms with van der Waals surface area (Å²) in [6, 6.07) is 0.497. The first-order valence-corrected chi connectivity index (χ1v) is 6.74. The third kappa shape index (κ3) is 3.67.